The van der Waals surface area contributed by atoms with Crippen molar-refractivity contribution in [3.05, 3.63) is 78.1 Å². The number of carbonyl (C=O) groups excluding carboxylic acids is 1. The molecule has 2 fully saturated rings. The first-order valence-electron chi connectivity index (χ1n) is 15.0. The van der Waals surface area contributed by atoms with Gasteiger partial charge in [0.25, 0.3) is 0 Å². The molecular weight excluding hydrogens is 591 g/mol. The topological polar surface area (TPSA) is 163 Å². The Hall–Kier alpha value is -5.42. The second-order valence-electron chi connectivity index (χ2n) is 11.1. The molecule has 14 heteroatoms. The maximum absolute atomic E-state index is 14.3. The number of amides is 2. The number of urea groups is 1. The van der Waals surface area contributed by atoms with Crippen molar-refractivity contribution >= 4 is 23.6 Å². The number of hydrogen-bond acceptors (Lipinski definition) is 11. The van der Waals surface area contributed by atoms with Crippen LogP contribution in [0.4, 0.5) is 26.8 Å². The van der Waals surface area contributed by atoms with Crippen LogP contribution in [0.5, 0.6) is 6.01 Å². The molecule has 1 aromatic carbocycles. The first kappa shape index (κ1) is 30.6. The largest absolute Gasteiger partial charge is 0.467 e. The number of benzene rings is 1. The summed E-state index contributed by atoms with van der Waals surface area (Å²) in [5.41, 5.74) is 2.31. The Morgan fingerprint density at radius 1 is 0.978 bits per heavy atom. The van der Waals surface area contributed by atoms with Crippen molar-refractivity contribution in [2.75, 3.05) is 35.9 Å². The lowest BCUT2D eigenvalue weighted by Gasteiger charge is -2.36. The zero-order valence-electron chi connectivity index (χ0n) is 25.2. The summed E-state index contributed by atoms with van der Waals surface area (Å²) in [4.78, 5) is 37.2. The minimum atomic E-state index is -0.380. The lowest BCUT2D eigenvalue weighted by atomic mass is 9.90. The van der Waals surface area contributed by atoms with Gasteiger partial charge >= 0.3 is 12.0 Å². The molecule has 0 radical (unpaired) electrons. The molecule has 3 aromatic heterocycles. The normalized spacial score (nSPS) is 17.7. The van der Waals surface area contributed by atoms with E-state index in [1.165, 1.54) is 19.4 Å². The molecule has 3 N–H and O–H groups in total. The van der Waals surface area contributed by atoms with Crippen LogP contribution in [0.3, 0.4) is 0 Å². The maximum Gasteiger partial charge on any atom is 0.323 e. The summed E-state index contributed by atoms with van der Waals surface area (Å²) in [5, 5.41) is 19.0. The number of nitriles is 1. The summed E-state index contributed by atoms with van der Waals surface area (Å²) >= 11 is 0. The Kier molecular flexibility index (Phi) is 9.40. The smallest absolute Gasteiger partial charge is 0.323 e. The lowest BCUT2D eigenvalue weighted by Crippen LogP contribution is -2.49. The highest BCUT2D eigenvalue weighted by atomic mass is 19.1. The lowest BCUT2D eigenvalue weighted by molar-refractivity contribution is 0.0209. The molecule has 1 aliphatic heterocycles. The first-order valence-corrected chi connectivity index (χ1v) is 15.0. The van der Waals surface area contributed by atoms with Crippen LogP contribution in [0.25, 0.3) is 11.1 Å². The summed E-state index contributed by atoms with van der Waals surface area (Å²) in [7, 11) is 1.50. The average Bonchev–Trinajstić information content (AvgIpc) is 3.07. The molecule has 1 saturated carbocycles. The van der Waals surface area contributed by atoms with Gasteiger partial charge in [0.05, 0.1) is 32.6 Å². The predicted octanol–water partition coefficient (Wildman–Crippen LogP) is 4.30. The van der Waals surface area contributed by atoms with E-state index in [2.05, 4.69) is 46.9 Å². The van der Waals surface area contributed by atoms with Crippen LogP contribution in [-0.4, -0.2) is 69.4 Å². The molecule has 236 valence electrons. The number of halogens is 1. The molecule has 0 unspecified atom stereocenters. The maximum atomic E-state index is 14.3. The molecule has 2 aliphatic rings. The van der Waals surface area contributed by atoms with Gasteiger partial charge < -0.3 is 25.4 Å². The van der Waals surface area contributed by atoms with Crippen molar-refractivity contribution in [1.82, 2.24) is 30.2 Å². The molecule has 46 heavy (non-hydrogen) atoms. The number of ether oxygens (including phenoxy) is 2. The molecule has 1 saturated heterocycles. The summed E-state index contributed by atoms with van der Waals surface area (Å²) in [6, 6.07) is 12.1. The first-order chi connectivity index (χ1) is 22.5. The van der Waals surface area contributed by atoms with Crippen molar-refractivity contribution < 1.29 is 18.7 Å². The zero-order valence-corrected chi connectivity index (χ0v) is 25.2. The highest BCUT2D eigenvalue weighted by Gasteiger charge is 2.31. The Labute approximate surface area is 265 Å². The van der Waals surface area contributed by atoms with Crippen LogP contribution in [-0.2, 0) is 11.3 Å². The number of anilines is 3. The highest BCUT2D eigenvalue weighted by molar-refractivity contribution is 5.91. The molecule has 4 aromatic rings. The van der Waals surface area contributed by atoms with Gasteiger partial charge in [-0.25, -0.2) is 29.1 Å². The van der Waals surface area contributed by atoms with E-state index < -0.39 is 0 Å². The molecule has 1 aliphatic carbocycles. The third kappa shape index (κ3) is 7.10. The SMILES string of the molecule is COc1ncc(-c2ccc(N(C(=O)NCc3ccccc3F)C3CCC(Nc4ncc(C#N)c(NC5COC5)n4)CC3)nc2)cn1. The van der Waals surface area contributed by atoms with Gasteiger partial charge in [-0.05, 0) is 43.9 Å². The van der Waals surface area contributed by atoms with Gasteiger partial charge in [-0.2, -0.15) is 10.2 Å². The summed E-state index contributed by atoms with van der Waals surface area (Å²) < 4.78 is 24.6. The third-order valence-electron chi connectivity index (χ3n) is 8.03. The Bertz CT molecular complexity index is 1690. The Morgan fingerprint density at radius 3 is 2.39 bits per heavy atom. The quantitative estimate of drug-likeness (QED) is 0.231. The minimum Gasteiger partial charge on any atom is -0.467 e. The van der Waals surface area contributed by atoms with Gasteiger partial charge in [-0.3, -0.25) is 4.90 Å². The van der Waals surface area contributed by atoms with E-state index in [0.29, 0.717) is 54.8 Å². The Balaban J connectivity index is 1.15. The molecule has 6 rings (SSSR count). The number of hydrogen-bond donors (Lipinski definition) is 3. The molecule has 0 bridgehead atoms. The summed E-state index contributed by atoms with van der Waals surface area (Å²) in [5.74, 6) is 1.01. The minimum absolute atomic E-state index is 0.0412. The van der Waals surface area contributed by atoms with Gasteiger partial charge in [-0.15, -0.1) is 0 Å². The molecule has 13 nitrogen and oxygen atoms in total. The highest BCUT2D eigenvalue weighted by Crippen LogP contribution is 2.30. The average molecular weight is 625 g/mol. The number of nitrogens with zero attached hydrogens (tertiary/aromatic N) is 7. The molecule has 4 heterocycles. The number of nitrogens with one attached hydrogen (secondary N) is 3. The van der Waals surface area contributed by atoms with E-state index in [4.69, 9.17) is 9.47 Å². The van der Waals surface area contributed by atoms with Crippen molar-refractivity contribution in [2.24, 2.45) is 0 Å². The number of pyridine rings is 1. The van der Waals surface area contributed by atoms with Crippen molar-refractivity contribution in [3.8, 4) is 23.2 Å². The van der Waals surface area contributed by atoms with Gasteiger partial charge in [0, 0.05) is 53.9 Å². The van der Waals surface area contributed by atoms with E-state index in [1.807, 2.05) is 6.07 Å². The zero-order chi connectivity index (χ0) is 31.9. The fourth-order valence-corrected chi connectivity index (χ4v) is 5.44. The summed E-state index contributed by atoms with van der Waals surface area (Å²) in [6.07, 6.45) is 9.33. The Morgan fingerprint density at radius 2 is 1.74 bits per heavy atom. The van der Waals surface area contributed by atoms with Crippen molar-refractivity contribution in [2.45, 2.75) is 50.4 Å². The van der Waals surface area contributed by atoms with Crippen LogP contribution in [0, 0.1) is 17.1 Å². The molecule has 0 spiro atoms. The fraction of sp³-hybridized carbons (Fsp3) is 0.344. The van der Waals surface area contributed by atoms with E-state index in [-0.39, 0.29) is 42.5 Å². The van der Waals surface area contributed by atoms with E-state index in [0.717, 1.165) is 24.0 Å². The molecule has 0 atom stereocenters. The van der Waals surface area contributed by atoms with Crippen molar-refractivity contribution in [1.29, 1.82) is 5.26 Å². The number of aromatic nitrogens is 5. The van der Waals surface area contributed by atoms with Gasteiger partial charge in [0.1, 0.15) is 29.1 Å². The fourth-order valence-electron chi connectivity index (χ4n) is 5.44. The number of rotatable bonds is 10. The van der Waals surface area contributed by atoms with Crippen LogP contribution in [0.15, 0.2) is 61.2 Å². The predicted molar refractivity (Wildman–Crippen MR) is 168 cm³/mol. The van der Waals surface area contributed by atoms with E-state index in [1.54, 1.807) is 47.8 Å². The van der Waals surface area contributed by atoms with Gasteiger partial charge in [0.15, 0.2) is 0 Å². The van der Waals surface area contributed by atoms with E-state index in [9.17, 15) is 14.4 Å². The standard InChI is InChI=1S/C32H33FN10O3/c1-45-31-37-16-23(17-38-31)20-6-11-28(35-13-20)43(32(44)39-14-21-4-2-3-5-27(21)33)26-9-7-24(8-10-26)41-30-36-15-22(12-34)29(42-30)40-25-18-46-19-25/h2-6,11,13,15-17,24-26H,7-10,14,18-19H2,1H3,(H,39,44)(H2,36,40,41,42). The number of methoxy groups -OCH3 is 1. The third-order valence-corrected chi connectivity index (χ3v) is 8.03. The number of carbonyl (C=O) groups is 1. The van der Waals surface area contributed by atoms with Gasteiger partial charge in [0.2, 0.25) is 5.95 Å². The van der Waals surface area contributed by atoms with Crippen LogP contribution in [0.1, 0.15) is 36.8 Å². The van der Waals surface area contributed by atoms with Crippen molar-refractivity contribution in [3.63, 3.8) is 0 Å². The van der Waals surface area contributed by atoms with Crippen LogP contribution in [0.2, 0.25) is 0 Å². The van der Waals surface area contributed by atoms with Gasteiger partial charge in [-0.1, -0.05) is 18.2 Å². The van der Waals surface area contributed by atoms with Crippen LogP contribution < -0.4 is 25.6 Å². The summed E-state index contributed by atoms with van der Waals surface area (Å²) in [6.45, 7) is 1.18. The van der Waals surface area contributed by atoms with E-state index >= 15 is 0 Å². The monoisotopic (exact) mass is 624 g/mol. The second kappa shape index (κ2) is 14.1. The molecular formula is C32H33FN10O3. The van der Waals surface area contributed by atoms with Crippen LogP contribution >= 0.6 is 0 Å². The molecule has 2 amide bonds. The second-order valence-corrected chi connectivity index (χ2v) is 11.1.